The van der Waals surface area contributed by atoms with Crippen LogP contribution in [-0.2, 0) is 16.0 Å². The Morgan fingerprint density at radius 1 is 1.10 bits per heavy atom. The Bertz CT molecular complexity index is 1240. The highest BCUT2D eigenvalue weighted by Gasteiger charge is 2.41. The minimum absolute atomic E-state index is 0.261. The molecule has 7 nitrogen and oxygen atoms in total. The van der Waals surface area contributed by atoms with Gasteiger partial charge in [-0.05, 0) is 38.0 Å². The third-order valence-corrected chi connectivity index (χ3v) is 5.63. The van der Waals surface area contributed by atoms with Crippen LogP contribution in [0.15, 0.2) is 42.6 Å². The molecule has 0 aliphatic carbocycles. The van der Waals surface area contributed by atoms with Gasteiger partial charge in [-0.15, -0.1) is 0 Å². The van der Waals surface area contributed by atoms with Crippen LogP contribution >= 0.6 is 0 Å². The number of carbonyl (C=O) groups is 4. The Balaban J connectivity index is 1.46. The highest BCUT2D eigenvalue weighted by molar-refractivity contribution is 6.22. The number of Topliss-reactive ketones (excluding diaryl/α,β-unsaturated/α-hetero) is 1. The van der Waals surface area contributed by atoms with Crippen LogP contribution < -0.4 is 0 Å². The van der Waals surface area contributed by atoms with Crippen molar-refractivity contribution in [3.8, 4) is 0 Å². The number of aromatic nitrogens is 1. The van der Waals surface area contributed by atoms with Crippen molar-refractivity contribution >= 4 is 34.5 Å². The maximum absolute atomic E-state index is 12.7. The first-order chi connectivity index (χ1) is 14.8. The molecule has 3 aromatic rings. The third-order valence-electron chi connectivity index (χ3n) is 5.63. The Morgan fingerprint density at radius 2 is 1.84 bits per heavy atom. The van der Waals surface area contributed by atoms with Crippen LogP contribution in [0.3, 0.4) is 0 Å². The molecule has 31 heavy (non-hydrogen) atoms. The smallest absolute Gasteiger partial charge is 0.329 e. The molecule has 2 aromatic carbocycles. The van der Waals surface area contributed by atoms with E-state index in [4.69, 9.17) is 4.74 Å². The number of fused-ring (bicyclic) bond motifs is 2. The lowest BCUT2D eigenvalue weighted by atomic mass is 10.1. The van der Waals surface area contributed by atoms with E-state index in [9.17, 15) is 19.2 Å². The zero-order valence-corrected chi connectivity index (χ0v) is 17.5. The van der Waals surface area contributed by atoms with Gasteiger partial charge in [0.25, 0.3) is 11.8 Å². The van der Waals surface area contributed by atoms with Gasteiger partial charge in [0.15, 0.2) is 6.61 Å². The zero-order chi connectivity index (χ0) is 22.3. The minimum atomic E-state index is -1.14. The van der Waals surface area contributed by atoms with Crippen LogP contribution in [-0.4, -0.2) is 46.1 Å². The number of hydrogen-bond acceptors (Lipinski definition) is 5. The van der Waals surface area contributed by atoms with Gasteiger partial charge in [0.05, 0.1) is 11.1 Å². The summed E-state index contributed by atoms with van der Waals surface area (Å²) in [5.41, 5.74) is 3.77. The largest absolute Gasteiger partial charge is 0.456 e. The van der Waals surface area contributed by atoms with Gasteiger partial charge in [-0.3, -0.25) is 19.3 Å². The summed E-state index contributed by atoms with van der Waals surface area (Å²) in [5.74, 6) is -2.26. The molecule has 1 aliphatic heterocycles. The molecule has 158 valence electrons. The number of carbonyl (C=O) groups excluding carboxylic acids is 4. The molecule has 0 spiro atoms. The van der Waals surface area contributed by atoms with E-state index < -0.39 is 30.4 Å². The Kier molecular flexibility index (Phi) is 5.19. The van der Waals surface area contributed by atoms with E-state index in [2.05, 4.69) is 4.98 Å². The Morgan fingerprint density at radius 3 is 2.58 bits per heavy atom. The maximum Gasteiger partial charge on any atom is 0.329 e. The molecule has 7 heteroatoms. The third kappa shape index (κ3) is 3.42. The Labute approximate surface area is 179 Å². The summed E-state index contributed by atoms with van der Waals surface area (Å²) in [6, 6.07) is 9.49. The van der Waals surface area contributed by atoms with Crippen LogP contribution in [0.25, 0.3) is 10.9 Å². The fourth-order valence-electron chi connectivity index (χ4n) is 3.91. The van der Waals surface area contributed by atoms with E-state index in [1.165, 1.54) is 6.92 Å². The normalized spacial score (nSPS) is 14.1. The van der Waals surface area contributed by atoms with Crippen molar-refractivity contribution in [2.24, 2.45) is 0 Å². The van der Waals surface area contributed by atoms with Crippen molar-refractivity contribution in [2.75, 3.05) is 6.61 Å². The summed E-state index contributed by atoms with van der Waals surface area (Å²) in [6.07, 6.45) is 2.42. The molecule has 1 atom stereocenters. The van der Waals surface area contributed by atoms with E-state index in [-0.39, 0.29) is 16.9 Å². The molecule has 0 saturated heterocycles. The SMILES string of the molecule is CCc1cccc2c(C(=O)COC(=O)C(C)N3C(=O)c4ccc(C)cc4C3=O)c[nH]c12. The van der Waals surface area contributed by atoms with Gasteiger partial charge in [0, 0.05) is 22.7 Å². The van der Waals surface area contributed by atoms with Gasteiger partial charge in [-0.25, -0.2) is 4.79 Å². The van der Waals surface area contributed by atoms with Crippen molar-refractivity contribution in [3.63, 3.8) is 0 Å². The van der Waals surface area contributed by atoms with Crippen LogP contribution in [0.2, 0.25) is 0 Å². The minimum Gasteiger partial charge on any atom is -0.456 e. The number of benzene rings is 2. The number of para-hydroxylation sites is 1. The zero-order valence-electron chi connectivity index (χ0n) is 17.5. The summed E-state index contributed by atoms with van der Waals surface area (Å²) in [7, 11) is 0. The van der Waals surface area contributed by atoms with E-state index >= 15 is 0 Å². The first-order valence-corrected chi connectivity index (χ1v) is 10.1. The lowest BCUT2D eigenvalue weighted by Crippen LogP contribution is -2.44. The lowest BCUT2D eigenvalue weighted by Gasteiger charge is -2.20. The Hall–Kier alpha value is -3.74. The van der Waals surface area contributed by atoms with Gasteiger partial charge < -0.3 is 9.72 Å². The van der Waals surface area contributed by atoms with E-state index in [0.717, 1.165) is 33.4 Å². The summed E-state index contributed by atoms with van der Waals surface area (Å²) in [6.45, 7) is 4.79. The molecule has 1 unspecified atom stereocenters. The number of aryl methyl sites for hydroxylation is 2. The lowest BCUT2D eigenvalue weighted by molar-refractivity contribution is -0.146. The molecule has 2 heterocycles. The average molecular weight is 418 g/mol. The van der Waals surface area contributed by atoms with E-state index in [1.54, 1.807) is 24.4 Å². The number of esters is 1. The number of amides is 2. The number of rotatable bonds is 6. The fourth-order valence-corrected chi connectivity index (χ4v) is 3.91. The number of imide groups is 1. The van der Waals surface area contributed by atoms with Crippen molar-refractivity contribution in [1.82, 2.24) is 9.88 Å². The van der Waals surface area contributed by atoms with E-state index in [1.807, 2.05) is 32.0 Å². The molecule has 4 rings (SSSR count). The average Bonchev–Trinajstić information content (AvgIpc) is 3.30. The molecule has 1 aromatic heterocycles. The number of nitrogens with zero attached hydrogens (tertiary/aromatic N) is 1. The molecule has 0 fully saturated rings. The second-order valence-corrected chi connectivity index (χ2v) is 7.63. The standard InChI is InChI=1S/C24H22N2O5/c1-4-15-6-5-7-16-19(11-25-21(15)16)20(27)12-31-24(30)14(3)26-22(28)17-9-8-13(2)10-18(17)23(26)29/h5-11,14,25H,4,12H2,1-3H3. The fraction of sp³-hybridized carbons (Fsp3) is 0.250. The van der Waals surface area contributed by atoms with E-state index in [0.29, 0.717) is 5.56 Å². The molecule has 1 aliphatic rings. The van der Waals surface area contributed by atoms with Crippen LogP contribution in [0.4, 0.5) is 0 Å². The van der Waals surface area contributed by atoms with Crippen molar-refractivity contribution in [2.45, 2.75) is 33.2 Å². The molecular formula is C24H22N2O5. The molecule has 0 saturated carbocycles. The predicted octanol–water partition coefficient (Wildman–Crippen LogP) is 3.45. The highest BCUT2D eigenvalue weighted by Crippen LogP contribution is 2.26. The van der Waals surface area contributed by atoms with Crippen LogP contribution in [0.5, 0.6) is 0 Å². The molecule has 0 radical (unpaired) electrons. The summed E-state index contributed by atoms with van der Waals surface area (Å²) >= 11 is 0. The van der Waals surface area contributed by atoms with Gasteiger partial charge in [0.1, 0.15) is 6.04 Å². The van der Waals surface area contributed by atoms with Crippen molar-refractivity contribution in [3.05, 3.63) is 70.4 Å². The molecular weight excluding hydrogens is 396 g/mol. The van der Waals surface area contributed by atoms with Crippen LogP contribution in [0, 0.1) is 6.92 Å². The topological polar surface area (TPSA) is 96.5 Å². The predicted molar refractivity (Wildman–Crippen MR) is 114 cm³/mol. The van der Waals surface area contributed by atoms with Crippen molar-refractivity contribution < 1.29 is 23.9 Å². The molecule has 2 amide bonds. The van der Waals surface area contributed by atoms with Crippen molar-refractivity contribution in [1.29, 1.82) is 0 Å². The number of hydrogen-bond donors (Lipinski definition) is 1. The summed E-state index contributed by atoms with van der Waals surface area (Å²) in [4.78, 5) is 54.5. The van der Waals surface area contributed by atoms with Gasteiger partial charge in [-0.1, -0.05) is 36.8 Å². The summed E-state index contributed by atoms with van der Waals surface area (Å²) < 4.78 is 5.18. The van der Waals surface area contributed by atoms with Gasteiger partial charge in [-0.2, -0.15) is 0 Å². The molecule has 0 bridgehead atoms. The number of aromatic amines is 1. The molecule has 1 N–H and O–H groups in total. The van der Waals surface area contributed by atoms with Gasteiger partial charge >= 0.3 is 5.97 Å². The second-order valence-electron chi connectivity index (χ2n) is 7.63. The second kappa shape index (κ2) is 7.83. The first kappa shape index (κ1) is 20.5. The maximum atomic E-state index is 12.7. The number of ether oxygens (including phenoxy) is 1. The quantitative estimate of drug-likeness (QED) is 0.376. The first-order valence-electron chi connectivity index (χ1n) is 10.1. The summed E-state index contributed by atoms with van der Waals surface area (Å²) in [5, 5.41) is 0.768. The highest BCUT2D eigenvalue weighted by atomic mass is 16.5. The van der Waals surface area contributed by atoms with Crippen LogP contribution in [0.1, 0.15) is 56.0 Å². The monoisotopic (exact) mass is 418 g/mol. The number of nitrogens with one attached hydrogen (secondary N) is 1. The number of H-pyrrole nitrogens is 1. The van der Waals surface area contributed by atoms with Gasteiger partial charge in [0.2, 0.25) is 5.78 Å². The number of ketones is 1.